The van der Waals surface area contributed by atoms with Crippen LogP contribution >= 0.6 is 0 Å². The Hall–Kier alpha value is -2.61. The fourth-order valence-electron chi connectivity index (χ4n) is 3.73. The summed E-state index contributed by atoms with van der Waals surface area (Å²) in [5.41, 5.74) is 1.26. The fraction of sp³-hybridized carbons (Fsp3) is 0.368. The van der Waals surface area contributed by atoms with Crippen LogP contribution in [0.2, 0.25) is 0 Å². The highest BCUT2D eigenvalue weighted by molar-refractivity contribution is 5.87. The number of aromatic nitrogens is 3. The molecule has 1 unspecified atom stereocenters. The number of nitrogens with two attached hydrogens (primary N) is 1. The first-order valence-corrected chi connectivity index (χ1v) is 8.83. The van der Waals surface area contributed by atoms with E-state index in [-0.39, 0.29) is 11.9 Å². The Morgan fingerprint density at radius 2 is 2.11 bits per heavy atom. The summed E-state index contributed by atoms with van der Waals surface area (Å²) in [7, 11) is 0. The molecule has 0 bridgehead atoms. The number of rotatable bonds is 2. The lowest BCUT2D eigenvalue weighted by Crippen LogP contribution is -2.47. The SMILES string of the molecule is Cc1cc(-c2c(C(F)(F)F)ccc[n+]2N)cc2cnn(C3CCCCO3)c12. The van der Waals surface area contributed by atoms with Crippen LogP contribution < -0.4 is 10.5 Å². The molecule has 1 fully saturated rings. The number of aryl methyl sites for hydroxylation is 1. The molecule has 0 amide bonds. The van der Waals surface area contributed by atoms with Crippen LogP contribution in [0.5, 0.6) is 0 Å². The van der Waals surface area contributed by atoms with Crippen molar-refractivity contribution in [3.63, 3.8) is 0 Å². The lowest BCUT2D eigenvalue weighted by atomic mass is 10.0. The van der Waals surface area contributed by atoms with E-state index >= 15 is 0 Å². The quantitative estimate of drug-likeness (QED) is 0.547. The smallest absolute Gasteiger partial charge is 0.356 e. The van der Waals surface area contributed by atoms with Crippen LogP contribution in [0.15, 0.2) is 36.7 Å². The van der Waals surface area contributed by atoms with E-state index in [1.165, 1.54) is 12.3 Å². The van der Waals surface area contributed by atoms with Gasteiger partial charge in [-0.25, -0.2) is 10.5 Å². The molecule has 0 aliphatic carbocycles. The van der Waals surface area contributed by atoms with Gasteiger partial charge < -0.3 is 4.74 Å². The van der Waals surface area contributed by atoms with Gasteiger partial charge in [0.1, 0.15) is 5.56 Å². The Balaban J connectivity index is 1.87. The van der Waals surface area contributed by atoms with Crippen molar-refractivity contribution in [3.05, 3.63) is 47.8 Å². The van der Waals surface area contributed by atoms with Crippen molar-refractivity contribution in [2.45, 2.75) is 38.6 Å². The van der Waals surface area contributed by atoms with Crippen LogP contribution in [0.3, 0.4) is 0 Å². The molecule has 142 valence electrons. The standard InChI is InChI=1S/C19H20F3N4O/c1-12-9-13(18-15(19(20,21)22)5-4-7-25(18)23)10-14-11-24-26(17(12)14)16-6-2-3-8-27-16/h4-5,7,9-11,16H,2-3,6,8,23H2,1H3/q+1. The second kappa shape index (κ2) is 6.53. The molecule has 27 heavy (non-hydrogen) atoms. The predicted octanol–water partition coefficient (Wildman–Crippen LogP) is 3.73. The fourth-order valence-corrected chi connectivity index (χ4v) is 3.73. The average Bonchev–Trinajstić information content (AvgIpc) is 3.06. The molecular formula is C19H20F3N4O+. The normalized spacial score (nSPS) is 18.1. The maximum atomic E-state index is 13.5. The molecule has 0 saturated carbocycles. The molecule has 1 atom stereocenters. The van der Waals surface area contributed by atoms with Crippen LogP contribution in [0.25, 0.3) is 22.2 Å². The van der Waals surface area contributed by atoms with Crippen molar-refractivity contribution in [1.82, 2.24) is 9.78 Å². The van der Waals surface area contributed by atoms with Gasteiger partial charge in [0.25, 0.3) is 5.69 Å². The summed E-state index contributed by atoms with van der Waals surface area (Å²) in [6, 6.07) is 5.74. The summed E-state index contributed by atoms with van der Waals surface area (Å²) in [6.45, 7) is 2.55. The maximum Gasteiger partial charge on any atom is 0.422 e. The molecule has 1 aliphatic rings. The number of benzene rings is 1. The number of alkyl halides is 3. The van der Waals surface area contributed by atoms with E-state index in [0.717, 1.165) is 46.5 Å². The summed E-state index contributed by atoms with van der Waals surface area (Å²) in [6.07, 6.45) is 1.41. The van der Waals surface area contributed by atoms with Gasteiger partial charge in [-0.05, 0) is 49.9 Å². The summed E-state index contributed by atoms with van der Waals surface area (Å²) < 4.78 is 49.1. The van der Waals surface area contributed by atoms with Crippen LogP contribution in [-0.4, -0.2) is 16.4 Å². The molecule has 1 aromatic carbocycles. The van der Waals surface area contributed by atoms with Crippen molar-refractivity contribution in [2.75, 3.05) is 12.4 Å². The van der Waals surface area contributed by atoms with E-state index in [9.17, 15) is 13.2 Å². The third-order valence-corrected chi connectivity index (χ3v) is 4.91. The van der Waals surface area contributed by atoms with E-state index < -0.39 is 11.7 Å². The second-order valence-electron chi connectivity index (χ2n) is 6.82. The minimum Gasteiger partial charge on any atom is -0.356 e. The highest BCUT2D eigenvalue weighted by Crippen LogP contribution is 2.37. The Kier molecular flexibility index (Phi) is 4.30. The van der Waals surface area contributed by atoms with E-state index in [4.69, 9.17) is 10.6 Å². The minimum absolute atomic E-state index is 0.0725. The van der Waals surface area contributed by atoms with Crippen molar-refractivity contribution >= 4 is 10.9 Å². The van der Waals surface area contributed by atoms with Gasteiger partial charge in [-0.1, -0.05) is 4.68 Å². The Morgan fingerprint density at radius 3 is 2.81 bits per heavy atom. The van der Waals surface area contributed by atoms with Gasteiger partial charge in [-0.3, -0.25) is 0 Å². The topological polar surface area (TPSA) is 57.0 Å². The van der Waals surface area contributed by atoms with Crippen LogP contribution in [0.1, 0.15) is 36.6 Å². The third kappa shape index (κ3) is 3.14. The summed E-state index contributed by atoms with van der Waals surface area (Å²) >= 11 is 0. The molecule has 1 saturated heterocycles. The number of hydrogen-bond donors (Lipinski definition) is 1. The van der Waals surface area contributed by atoms with Gasteiger partial charge >= 0.3 is 6.18 Å². The van der Waals surface area contributed by atoms with Gasteiger partial charge in [0.15, 0.2) is 12.4 Å². The molecule has 3 heterocycles. The molecule has 5 nitrogen and oxygen atoms in total. The molecule has 8 heteroatoms. The summed E-state index contributed by atoms with van der Waals surface area (Å²) in [4.78, 5) is 0. The first kappa shape index (κ1) is 17.8. The monoisotopic (exact) mass is 377 g/mol. The van der Waals surface area contributed by atoms with Gasteiger partial charge in [-0.2, -0.15) is 18.3 Å². The van der Waals surface area contributed by atoms with Gasteiger partial charge in [0, 0.05) is 18.1 Å². The predicted molar refractivity (Wildman–Crippen MR) is 94.1 cm³/mol. The number of nitrogen functional groups attached to an aromatic ring is 1. The van der Waals surface area contributed by atoms with Crippen LogP contribution in [-0.2, 0) is 10.9 Å². The molecule has 3 aromatic rings. The largest absolute Gasteiger partial charge is 0.422 e. The van der Waals surface area contributed by atoms with Gasteiger partial charge in [-0.15, -0.1) is 0 Å². The number of pyridine rings is 1. The van der Waals surface area contributed by atoms with Crippen molar-refractivity contribution in [1.29, 1.82) is 0 Å². The van der Waals surface area contributed by atoms with Gasteiger partial charge in [0.05, 0.1) is 17.3 Å². The van der Waals surface area contributed by atoms with E-state index in [1.807, 2.05) is 11.6 Å². The number of fused-ring (bicyclic) bond motifs is 1. The highest BCUT2D eigenvalue weighted by atomic mass is 19.4. The van der Waals surface area contributed by atoms with E-state index in [0.29, 0.717) is 12.2 Å². The first-order chi connectivity index (χ1) is 12.9. The van der Waals surface area contributed by atoms with Gasteiger partial charge in [0.2, 0.25) is 0 Å². The molecule has 0 radical (unpaired) electrons. The zero-order valence-electron chi connectivity index (χ0n) is 14.8. The summed E-state index contributed by atoms with van der Waals surface area (Å²) in [5, 5.41) is 5.20. The molecule has 2 N–H and O–H groups in total. The van der Waals surface area contributed by atoms with Crippen LogP contribution in [0, 0.1) is 6.92 Å². The lowest BCUT2D eigenvalue weighted by Gasteiger charge is -2.24. The number of hydrogen-bond acceptors (Lipinski definition) is 3. The molecular weight excluding hydrogens is 357 g/mol. The number of nitrogens with zero attached hydrogens (tertiary/aromatic N) is 3. The maximum absolute atomic E-state index is 13.5. The van der Waals surface area contributed by atoms with Crippen molar-refractivity contribution < 1.29 is 22.6 Å². The average molecular weight is 377 g/mol. The molecule has 1 aliphatic heterocycles. The Morgan fingerprint density at radius 1 is 1.30 bits per heavy atom. The Bertz CT molecular complexity index is 991. The minimum atomic E-state index is -4.50. The lowest BCUT2D eigenvalue weighted by molar-refractivity contribution is -0.628. The molecule has 0 spiro atoms. The third-order valence-electron chi connectivity index (χ3n) is 4.91. The highest BCUT2D eigenvalue weighted by Gasteiger charge is 2.39. The first-order valence-electron chi connectivity index (χ1n) is 8.83. The molecule has 4 rings (SSSR count). The zero-order chi connectivity index (χ0) is 19.2. The zero-order valence-corrected chi connectivity index (χ0v) is 14.8. The second-order valence-corrected chi connectivity index (χ2v) is 6.82. The molecule has 2 aromatic heterocycles. The van der Waals surface area contributed by atoms with Crippen molar-refractivity contribution in [2.24, 2.45) is 0 Å². The van der Waals surface area contributed by atoms with E-state index in [2.05, 4.69) is 5.10 Å². The number of halogens is 3. The van der Waals surface area contributed by atoms with E-state index in [1.54, 1.807) is 18.3 Å². The van der Waals surface area contributed by atoms with Crippen molar-refractivity contribution in [3.8, 4) is 11.3 Å². The van der Waals surface area contributed by atoms with Crippen LogP contribution in [0.4, 0.5) is 13.2 Å². The summed E-state index contributed by atoms with van der Waals surface area (Å²) in [5.74, 6) is 5.84. The number of ether oxygens (including phenoxy) is 1. The Labute approximate surface area is 154 Å².